The number of thioether (sulfide) groups is 1. The lowest BCUT2D eigenvalue weighted by Crippen LogP contribution is -2.03. The third-order valence-corrected chi connectivity index (χ3v) is 3.35. The number of allylic oxidation sites excluding steroid dienone is 1. The van der Waals surface area contributed by atoms with Gasteiger partial charge in [-0.2, -0.15) is 0 Å². The molecule has 0 aliphatic carbocycles. The topological polar surface area (TPSA) is 43.4 Å². The highest BCUT2D eigenvalue weighted by Gasteiger charge is 2.09. The average Bonchev–Trinajstić information content (AvgIpc) is 2.37. The number of benzene rings is 1. The van der Waals surface area contributed by atoms with E-state index in [1.807, 2.05) is 31.2 Å². The van der Waals surface area contributed by atoms with Crippen molar-refractivity contribution in [3.8, 4) is 0 Å². The summed E-state index contributed by atoms with van der Waals surface area (Å²) in [6, 6.07) is 5.60. The lowest BCUT2D eigenvalue weighted by molar-refractivity contribution is -0.109. The molecule has 0 N–H and O–H groups in total. The molecule has 0 aliphatic heterocycles. The van der Waals surface area contributed by atoms with E-state index in [0.717, 1.165) is 23.3 Å². The van der Waals surface area contributed by atoms with E-state index in [4.69, 9.17) is 4.74 Å². The zero-order valence-electron chi connectivity index (χ0n) is 11.4. The van der Waals surface area contributed by atoms with Crippen molar-refractivity contribution in [2.45, 2.75) is 20.3 Å². The van der Waals surface area contributed by atoms with Crippen molar-refractivity contribution in [1.82, 2.24) is 0 Å². The van der Waals surface area contributed by atoms with Gasteiger partial charge in [-0.1, -0.05) is 41.6 Å². The third-order valence-electron chi connectivity index (χ3n) is 2.50. The Hall–Kier alpha value is -1.55. The molecule has 0 unspecified atom stereocenters. The summed E-state index contributed by atoms with van der Waals surface area (Å²) in [4.78, 5) is 22.4. The molecular weight excluding hydrogens is 260 g/mol. The Morgan fingerprint density at radius 1 is 1.37 bits per heavy atom. The van der Waals surface area contributed by atoms with Gasteiger partial charge >= 0.3 is 5.97 Å². The molecule has 3 nitrogen and oxygen atoms in total. The molecule has 0 atom stereocenters. The highest BCUT2D eigenvalue weighted by Crippen LogP contribution is 2.15. The lowest BCUT2D eigenvalue weighted by Gasteiger charge is -2.05. The van der Waals surface area contributed by atoms with Crippen molar-refractivity contribution in [1.29, 1.82) is 0 Å². The number of esters is 1. The largest absolute Gasteiger partial charge is 0.465 e. The molecule has 0 saturated heterocycles. The number of methoxy groups -OCH3 is 1. The number of rotatable bonds is 5. The molecule has 0 bridgehead atoms. The predicted octanol–water partition coefficient (Wildman–Crippen LogP) is 3.46. The molecule has 0 fully saturated rings. The first-order valence-corrected chi connectivity index (χ1v) is 7.02. The van der Waals surface area contributed by atoms with Crippen molar-refractivity contribution in [2.75, 3.05) is 12.9 Å². The summed E-state index contributed by atoms with van der Waals surface area (Å²) in [5, 5.41) is 0.124. The molecule has 1 aromatic carbocycles. The van der Waals surface area contributed by atoms with Crippen LogP contribution in [0, 0.1) is 6.92 Å². The van der Waals surface area contributed by atoms with Gasteiger partial charge in [0.2, 0.25) is 0 Å². The minimum Gasteiger partial charge on any atom is -0.465 e. The van der Waals surface area contributed by atoms with Gasteiger partial charge in [0, 0.05) is 12.7 Å². The number of carbonyl (C=O) groups excluding carboxylic acids is 2. The quantitative estimate of drug-likeness (QED) is 0.611. The predicted molar refractivity (Wildman–Crippen MR) is 79.3 cm³/mol. The zero-order chi connectivity index (χ0) is 14.3. The van der Waals surface area contributed by atoms with Crippen LogP contribution in [0.4, 0.5) is 0 Å². The van der Waals surface area contributed by atoms with Crippen molar-refractivity contribution in [3.63, 3.8) is 0 Å². The van der Waals surface area contributed by atoms with Crippen LogP contribution in [0.3, 0.4) is 0 Å². The minimum absolute atomic E-state index is 0.124. The van der Waals surface area contributed by atoms with E-state index < -0.39 is 0 Å². The summed E-state index contributed by atoms with van der Waals surface area (Å²) in [6.07, 6.45) is 4.66. The van der Waals surface area contributed by atoms with Crippen LogP contribution in [0.25, 0.3) is 6.08 Å². The van der Waals surface area contributed by atoms with E-state index >= 15 is 0 Å². The molecular formula is C15H18O3S. The molecule has 0 amide bonds. The SMILES string of the molecule is COC(=O)c1ccc(C)cc1C=CCCSC(C)=O. The average molecular weight is 278 g/mol. The van der Waals surface area contributed by atoms with Crippen molar-refractivity contribution >= 4 is 28.9 Å². The molecule has 0 radical (unpaired) electrons. The Balaban J connectivity index is 2.75. The van der Waals surface area contributed by atoms with Crippen molar-refractivity contribution < 1.29 is 14.3 Å². The third kappa shape index (κ3) is 5.30. The van der Waals surface area contributed by atoms with Gasteiger partial charge in [0.25, 0.3) is 0 Å². The van der Waals surface area contributed by atoms with Crippen molar-refractivity contribution in [3.05, 3.63) is 41.0 Å². The van der Waals surface area contributed by atoms with Crippen LogP contribution in [0.2, 0.25) is 0 Å². The standard InChI is InChI=1S/C15H18O3S/c1-11-7-8-14(15(17)18-3)13(10-11)6-4-5-9-19-12(2)16/h4,6-8,10H,5,9H2,1-3H3. The first kappa shape index (κ1) is 15.5. The summed E-state index contributed by atoms with van der Waals surface area (Å²) in [6.45, 7) is 3.54. The second-order valence-electron chi connectivity index (χ2n) is 4.11. The number of hydrogen-bond acceptors (Lipinski definition) is 4. The number of carbonyl (C=O) groups is 2. The Bertz CT molecular complexity index is 492. The molecule has 4 heteroatoms. The smallest absolute Gasteiger partial charge is 0.338 e. The molecule has 102 valence electrons. The van der Waals surface area contributed by atoms with Gasteiger partial charge in [-0.3, -0.25) is 4.79 Å². The van der Waals surface area contributed by atoms with Crippen LogP contribution in [0.15, 0.2) is 24.3 Å². The number of aryl methyl sites for hydroxylation is 1. The van der Waals surface area contributed by atoms with Crippen LogP contribution in [-0.4, -0.2) is 23.9 Å². The van der Waals surface area contributed by atoms with E-state index in [9.17, 15) is 9.59 Å². The summed E-state index contributed by atoms with van der Waals surface area (Å²) in [5.74, 6) is 0.420. The molecule has 0 aromatic heterocycles. The first-order chi connectivity index (χ1) is 9.04. The van der Waals surface area contributed by atoms with E-state index in [-0.39, 0.29) is 11.1 Å². The monoisotopic (exact) mass is 278 g/mol. The molecule has 1 aromatic rings. The minimum atomic E-state index is -0.335. The summed E-state index contributed by atoms with van der Waals surface area (Å²) < 4.78 is 4.75. The summed E-state index contributed by atoms with van der Waals surface area (Å²) in [5.41, 5.74) is 2.49. The fourth-order valence-electron chi connectivity index (χ4n) is 1.60. The molecule has 0 aliphatic rings. The van der Waals surface area contributed by atoms with Gasteiger partial charge in [0.1, 0.15) is 0 Å². The maximum Gasteiger partial charge on any atom is 0.338 e. The van der Waals surface area contributed by atoms with Crippen LogP contribution in [-0.2, 0) is 9.53 Å². The van der Waals surface area contributed by atoms with Gasteiger partial charge in [0.15, 0.2) is 5.12 Å². The lowest BCUT2D eigenvalue weighted by atomic mass is 10.0. The van der Waals surface area contributed by atoms with Crippen LogP contribution >= 0.6 is 11.8 Å². The van der Waals surface area contributed by atoms with Gasteiger partial charge in [-0.15, -0.1) is 0 Å². The van der Waals surface area contributed by atoms with Gasteiger partial charge in [-0.25, -0.2) is 4.79 Å². The number of ether oxygens (including phenoxy) is 1. The Kier molecular flexibility index (Phi) is 6.36. The fraction of sp³-hybridized carbons (Fsp3) is 0.333. The maximum absolute atomic E-state index is 11.6. The summed E-state index contributed by atoms with van der Waals surface area (Å²) in [7, 11) is 1.37. The fourth-order valence-corrected chi connectivity index (χ4v) is 2.14. The normalized spacial score (nSPS) is 10.7. The summed E-state index contributed by atoms with van der Waals surface area (Å²) >= 11 is 1.30. The van der Waals surface area contributed by atoms with Gasteiger partial charge in [-0.05, 0) is 25.0 Å². The Morgan fingerprint density at radius 3 is 2.74 bits per heavy atom. The van der Waals surface area contributed by atoms with E-state index in [2.05, 4.69) is 0 Å². The highest BCUT2D eigenvalue weighted by atomic mass is 32.2. The Labute approximate surface area is 118 Å². The van der Waals surface area contributed by atoms with Crippen LogP contribution in [0.5, 0.6) is 0 Å². The van der Waals surface area contributed by atoms with Crippen LogP contribution < -0.4 is 0 Å². The second-order valence-corrected chi connectivity index (χ2v) is 5.39. The van der Waals surface area contributed by atoms with Crippen LogP contribution in [0.1, 0.15) is 34.8 Å². The van der Waals surface area contributed by atoms with E-state index in [1.54, 1.807) is 13.0 Å². The maximum atomic E-state index is 11.6. The first-order valence-electron chi connectivity index (χ1n) is 6.03. The molecule has 0 saturated carbocycles. The van der Waals surface area contributed by atoms with E-state index in [0.29, 0.717) is 5.56 Å². The second kappa shape index (κ2) is 7.79. The highest BCUT2D eigenvalue weighted by molar-refractivity contribution is 8.13. The molecule has 1 rings (SSSR count). The molecule has 19 heavy (non-hydrogen) atoms. The van der Waals surface area contributed by atoms with Gasteiger partial charge in [0.05, 0.1) is 12.7 Å². The zero-order valence-corrected chi connectivity index (χ0v) is 12.3. The molecule has 0 spiro atoms. The van der Waals surface area contributed by atoms with Crippen molar-refractivity contribution in [2.24, 2.45) is 0 Å². The van der Waals surface area contributed by atoms with E-state index in [1.165, 1.54) is 18.9 Å². The number of hydrogen-bond donors (Lipinski definition) is 0. The Morgan fingerprint density at radius 2 is 2.11 bits per heavy atom. The van der Waals surface area contributed by atoms with Gasteiger partial charge < -0.3 is 4.74 Å². The molecule has 0 heterocycles.